The van der Waals surface area contributed by atoms with Gasteiger partial charge in [0.25, 0.3) is 0 Å². The maximum Gasteiger partial charge on any atom is 0.391 e. The number of hydrogen-bond acceptors (Lipinski definition) is 13. The van der Waals surface area contributed by atoms with Gasteiger partial charge < -0.3 is 64.8 Å². The Morgan fingerprint density at radius 2 is 1.27 bits per heavy atom. The summed E-state index contributed by atoms with van der Waals surface area (Å²) in [6.45, 7) is 7.58. The molecule has 5 saturated carbocycles. The minimum atomic E-state index is -4.47. The highest BCUT2D eigenvalue weighted by Crippen LogP contribution is 2.50. The van der Waals surface area contributed by atoms with Gasteiger partial charge in [-0.3, -0.25) is 57.5 Å². The van der Waals surface area contributed by atoms with Gasteiger partial charge in [-0.2, -0.15) is 13.2 Å². The molecule has 0 aromatic rings. The van der Waals surface area contributed by atoms with Gasteiger partial charge in [-0.1, -0.05) is 78.4 Å². The molecule has 0 aromatic heterocycles. The number of nitrogens with one attached hydrogen (secondary N) is 3. The number of hydrogen-bond donors (Lipinski definition) is 3. The van der Waals surface area contributed by atoms with E-state index in [1.54, 1.807) is 26.0 Å². The van der Waals surface area contributed by atoms with Crippen LogP contribution in [-0.4, -0.2) is 288 Å². The minimum absolute atomic E-state index is 0.00681. The molecule has 0 aromatic carbocycles. The van der Waals surface area contributed by atoms with Gasteiger partial charge in [0, 0.05) is 82.5 Å². The molecule has 25 nitrogen and oxygen atoms in total. The first kappa shape index (κ1) is 86.9. The van der Waals surface area contributed by atoms with Crippen LogP contribution in [0.25, 0.3) is 0 Å². The zero-order chi connectivity index (χ0) is 79.8. The average molecular weight is 1550 g/mol. The standard InChI is InChI=1S/C77H120ClF5N12O13/c1-14-45(3)64-72(105)89(9)42-62(98)90(10)55-26-17-16-20-33-94(71(55)104)59(37-47-27-30-50(31-28-47)77(81,82)83)70(103)88(8)41-60(96)84-54(32-29-48-34-52(79)63(78)53(80)35-48)68(101)95-40-51(108-15-2)38-57(95)67(100)86-76(43-75(4,5)44-76)74(107)93(13)65(49-24-18-19-25-49)73(106)92(12)58(69(102)87(6)7)39-61(97)91(11)56(66(99)85-64)36-46-22-21-23-46/h16-17,45-59,63-65H,14-15,18-44H2,1-13H3,(H,84,96)(H,85,99)(H,86,100)/b17-16-/t45-,47?,48?,50?,51+,52?,53?,54-,55-,56-,57-,58-,59-,63?,64-,65-/m0/s1. The van der Waals surface area contributed by atoms with Crippen LogP contribution in [0.4, 0.5) is 22.0 Å². The number of fused-ring (bicyclic) bond motifs is 3. The number of halogens is 6. The number of amides is 12. The molecule has 5 aliphatic carbocycles. The fraction of sp³-hybridized carbons (Fsp3) is 0.818. The van der Waals surface area contributed by atoms with Crippen molar-refractivity contribution < 1.29 is 84.2 Å². The van der Waals surface area contributed by atoms with Crippen LogP contribution in [-0.2, 0) is 62.3 Å². The molecule has 8 aliphatic rings. The van der Waals surface area contributed by atoms with Crippen LogP contribution in [0.5, 0.6) is 0 Å². The van der Waals surface area contributed by atoms with Gasteiger partial charge in [-0.05, 0) is 145 Å². The average Bonchev–Trinajstić information content (AvgIpc) is 1.01. The Kier molecular flexibility index (Phi) is 29.8. The summed E-state index contributed by atoms with van der Waals surface area (Å²) in [5.41, 5.74) is -2.23. The second kappa shape index (κ2) is 37.1. The fourth-order valence-corrected chi connectivity index (χ4v) is 18.3. The number of ether oxygens (including phenoxy) is 1. The second-order valence-corrected chi connectivity index (χ2v) is 34.1. The Morgan fingerprint density at radius 3 is 1.84 bits per heavy atom. The lowest BCUT2D eigenvalue weighted by molar-refractivity contribution is -0.184. The summed E-state index contributed by atoms with van der Waals surface area (Å²) in [5, 5.41) is 7.35. The number of alkyl halides is 6. The van der Waals surface area contributed by atoms with Crippen molar-refractivity contribution in [2.75, 3.05) is 89.2 Å². The molecule has 31 heteroatoms. The Hall–Kier alpha value is -6.72. The Labute approximate surface area is 638 Å². The van der Waals surface area contributed by atoms with E-state index in [9.17, 15) is 32.3 Å². The molecule has 8 rings (SSSR count). The van der Waals surface area contributed by atoms with Crippen molar-refractivity contribution in [3.8, 4) is 0 Å². The van der Waals surface area contributed by atoms with Crippen molar-refractivity contribution in [1.82, 2.24) is 60.0 Å². The van der Waals surface area contributed by atoms with E-state index in [2.05, 4.69) is 16.0 Å². The smallest absolute Gasteiger partial charge is 0.377 e. The quantitative estimate of drug-likeness (QED) is 0.100. The Balaban J connectivity index is 1.21. The molecule has 2 bridgehead atoms. The van der Waals surface area contributed by atoms with Crippen molar-refractivity contribution in [3.05, 3.63) is 12.2 Å². The van der Waals surface area contributed by atoms with E-state index in [1.165, 1.54) is 85.8 Å². The van der Waals surface area contributed by atoms with Gasteiger partial charge in [0.15, 0.2) is 0 Å². The van der Waals surface area contributed by atoms with Crippen LogP contribution in [0.1, 0.15) is 189 Å². The van der Waals surface area contributed by atoms with Gasteiger partial charge in [-0.25, -0.2) is 8.78 Å². The zero-order valence-electron chi connectivity index (χ0n) is 65.7. The summed E-state index contributed by atoms with van der Waals surface area (Å²) in [6, 6.07) is -10.8. The minimum Gasteiger partial charge on any atom is -0.377 e. The molecule has 12 atom stereocenters. The molecule has 108 heavy (non-hydrogen) atoms. The number of rotatable bonds is 13. The first-order valence-corrected chi connectivity index (χ1v) is 39.7. The highest BCUT2D eigenvalue weighted by atomic mass is 35.5. The van der Waals surface area contributed by atoms with Crippen LogP contribution >= 0.6 is 11.6 Å². The predicted octanol–water partition coefficient (Wildman–Crippen LogP) is 6.56. The number of nitrogens with zero attached hydrogens (tertiary/aromatic N) is 9. The molecular formula is C77H120ClF5N12O13. The SMILES string of the molecule is CCO[C@@H]1C[C@H]2C(=O)NC3(CC(C)(C)C3)C(=O)N(C)[C@@H](C3CCCC3)C(=O)N(C)[C@H](C(=O)N(C)C)CC(=O)N(C)[C@@H](CC3CCC3)C(=O)N[C@@H]([C@@H](C)CC)C(=O)N(C)CC(=O)N(C)[C@H]3C/C=C\CCN(C3=O)[C@@H](CC3CCC(C(F)(F)F)CC3)C(=O)N(C)CC(=O)N[C@@H](CCC3CC(F)C(Cl)C(F)C3)C(=O)N2C1. The van der Waals surface area contributed by atoms with Crippen molar-refractivity contribution in [2.45, 2.75) is 273 Å². The number of carbonyl (C=O) groups is 12. The lowest BCUT2D eigenvalue weighted by Gasteiger charge is -2.54. The highest BCUT2D eigenvalue weighted by molar-refractivity contribution is 6.21. The summed E-state index contributed by atoms with van der Waals surface area (Å²) in [4.78, 5) is 194. The molecule has 7 fully saturated rings. The van der Waals surface area contributed by atoms with Crippen molar-refractivity contribution in [3.63, 3.8) is 0 Å². The summed E-state index contributed by atoms with van der Waals surface area (Å²) in [7, 11) is 11.3. The van der Waals surface area contributed by atoms with Gasteiger partial charge in [0.2, 0.25) is 70.9 Å². The van der Waals surface area contributed by atoms with E-state index in [0.717, 1.165) is 34.0 Å². The number of carbonyl (C=O) groups excluding carboxylic acids is 12. The van der Waals surface area contributed by atoms with Crippen molar-refractivity contribution >= 4 is 82.5 Å². The van der Waals surface area contributed by atoms with Gasteiger partial charge in [0.05, 0.1) is 36.9 Å². The van der Waals surface area contributed by atoms with E-state index >= 15 is 47.1 Å². The first-order chi connectivity index (χ1) is 50.7. The van der Waals surface area contributed by atoms with Gasteiger partial charge in [0.1, 0.15) is 66.2 Å². The van der Waals surface area contributed by atoms with E-state index in [0.29, 0.717) is 32.1 Å². The van der Waals surface area contributed by atoms with E-state index in [4.69, 9.17) is 16.3 Å². The molecule has 1 spiro atoms. The predicted molar refractivity (Wildman–Crippen MR) is 393 cm³/mol. The van der Waals surface area contributed by atoms with Crippen LogP contribution < -0.4 is 16.0 Å². The third kappa shape index (κ3) is 20.7. The zero-order valence-corrected chi connectivity index (χ0v) is 66.4. The van der Waals surface area contributed by atoms with Crippen LogP contribution in [0.3, 0.4) is 0 Å². The summed E-state index contributed by atoms with van der Waals surface area (Å²) in [6.07, 6.45) is -1.35. The maximum atomic E-state index is 15.8. The third-order valence-electron chi connectivity index (χ3n) is 24.9. The third-order valence-corrected chi connectivity index (χ3v) is 25.4. The first-order valence-electron chi connectivity index (χ1n) is 39.3. The topological polar surface area (TPSA) is 279 Å². The monoisotopic (exact) mass is 1550 g/mol. The molecule has 2 saturated heterocycles. The molecule has 3 aliphatic heterocycles. The Morgan fingerprint density at radius 1 is 0.657 bits per heavy atom. The molecule has 3 N–H and O–H groups in total. The lowest BCUT2D eigenvalue weighted by atomic mass is 9.58. The largest absolute Gasteiger partial charge is 0.391 e. The van der Waals surface area contributed by atoms with Gasteiger partial charge >= 0.3 is 6.18 Å². The number of likely N-dealkylation sites (N-methyl/N-ethyl adjacent to an activating group) is 7. The molecule has 608 valence electrons. The van der Waals surface area contributed by atoms with Crippen LogP contribution in [0, 0.1) is 40.9 Å². The second-order valence-electron chi connectivity index (χ2n) is 33.6. The van der Waals surface area contributed by atoms with Crippen molar-refractivity contribution in [1.29, 1.82) is 0 Å². The Bertz CT molecular complexity index is 3260. The van der Waals surface area contributed by atoms with Crippen LogP contribution in [0.2, 0.25) is 0 Å². The highest BCUT2D eigenvalue weighted by Gasteiger charge is 2.60. The van der Waals surface area contributed by atoms with Crippen molar-refractivity contribution in [2.24, 2.45) is 40.9 Å². The van der Waals surface area contributed by atoms with Crippen LogP contribution in [0.15, 0.2) is 12.2 Å². The summed E-state index contributed by atoms with van der Waals surface area (Å²) < 4.78 is 79.2. The van der Waals surface area contributed by atoms with E-state index < -0.39 is 209 Å². The molecule has 12 amide bonds. The summed E-state index contributed by atoms with van der Waals surface area (Å²) in [5.74, 6) is -12.4. The molecular weight excluding hydrogens is 1430 g/mol. The summed E-state index contributed by atoms with van der Waals surface area (Å²) >= 11 is 6.11. The molecule has 2 unspecified atom stereocenters. The molecule has 3 heterocycles. The molecule has 0 radical (unpaired) electrons. The maximum absolute atomic E-state index is 15.8. The van der Waals surface area contributed by atoms with Gasteiger partial charge in [-0.15, -0.1) is 11.6 Å². The normalized spacial score (nSPS) is 33.1. The van der Waals surface area contributed by atoms with E-state index in [1.807, 2.05) is 20.8 Å². The van der Waals surface area contributed by atoms with E-state index in [-0.39, 0.29) is 122 Å². The lowest BCUT2D eigenvalue weighted by Crippen LogP contribution is -2.71. The fourth-order valence-electron chi connectivity index (χ4n) is 18.1.